The monoisotopic (exact) mass is 408 g/mol. The van der Waals surface area contributed by atoms with Gasteiger partial charge in [-0.1, -0.05) is 12.1 Å². The van der Waals surface area contributed by atoms with E-state index in [0.29, 0.717) is 5.82 Å². The fourth-order valence-electron chi connectivity index (χ4n) is 1.65. The summed E-state index contributed by atoms with van der Waals surface area (Å²) < 4.78 is 0. The normalized spacial score (nSPS) is 9.76. The summed E-state index contributed by atoms with van der Waals surface area (Å²) in [5, 5.41) is 0. The molecule has 0 saturated heterocycles. The summed E-state index contributed by atoms with van der Waals surface area (Å²) in [5.41, 5.74) is 1.56. The van der Waals surface area contributed by atoms with Crippen molar-refractivity contribution >= 4 is 22.6 Å². The van der Waals surface area contributed by atoms with Crippen LogP contribution in [0.4, 0.5) is 0 Å². The second-order valence-corrected chi connectivity index (χ2v) is 3.59. The van der Waals surface area contributed by atoms with Crippen molar-refractivity contribution in [2.45, 2.75) is 13.8 Å². The number of rotatable bonds is 3. The Hall–Kier alpha value is -1.45. The first kappa shape index (κ1) is 13.6. The second kappa shape index (κ2) is 5.25. The number of ketones is 2. The molecule has 0 bridgehead atoms. The number of hydrogen-bond acceptors (Lipinski definition) is 3. The molecule has 1 heterocycles. The van der Waals surface area contributed by atoms with Crippen LogP contribution < -0.4 is 0 Å². The van der Waals surface area contributed by atoms with Crippen LogP contribution in [0.15, 0.2) is 24.3 Å². The van der Waals surface area contributed by atoms with Crippen LogP contribution in [-0.2, 0) is 29.7 Å². The van der Waals surface area contributed by atoms with E-state index in [1.807, 2.05) is 24.3 Å². The van der Waals surface area contributed by atoms with Crippen LogP contribution in [0, 0.1) is 5.92 Å². The van der Waals surface area contributed by atoms with Crippen LogP contribution >= 0.6 is 0 Å². The zero-order valence-corrected chi connectivity index (χ0v) is 11.8. The second-order valence-electron chi connectivity index (χ2n) is 3.59. The van der Waals surface area contributed by atoms with Gasteiger partial charge in [0.05, 0.1) is 11.0 Å². The van der Waals surface area contributed by atoms with Gasteiger partial charge in [-0.05, 0) is 31.8 Å². The van der Waals surface area contributed by atoms with Crippen molar-refractivity contribution in [3.63, 3.8) is 0 Å². The summed E-state index contributed by atoms with van der Waals surface area (Å²) in [6.07, 6.45) is 0. The van der Waals surface area contributed by atoms with Crippen LogP contribution in [-0.4, -0.2) is 21.5 Å². The fraction of sp³-hybridized carbons (Fsp3) is 0.167. The van der Waals surface area contributed by atoms with Crippen LogP contribution in [0.5, 0.6) is 0 Å². The topological polar surface area (TPSA) is 62.8 Å². The summed E-state index contributed by atoms with van der Waals surface area (Å²) in [6.45, 7) is 2.73. The number of aromatic amines is 1. The van der Waals surface area contributed by atoms with Gasteiger partial charge in [0, 0.05) is 31.7 Å². The number of nitrogens with one attached hydrogen (secondary N) is 1. The van der Waals surface area contributed by atoms with E-state index in [2.05, 4.69) is 9.97 Å². The molecule has 4 nitrogen and oxygen atoms in total. The summed E-state index contributed by atoms with van der Waals surface area (Å²) >= 11 is 0. The average Bonchev–Trinajstić information content (AvgIpc) is 2.58. The number of imidazole rings is 1. The Bertz CT molecular complexity index is 515. The molecule has 2 rings (SSSR count). The molecule has 5 heteroatoms. The molecule has 1 N–H and O–H groups in total. The molecule has 0 spiro atoms. The Morgan fingerprint density at radius 3 is 2.29 bits per heavy atom. The van der Waals surface area contributed by atoms with E-state index in [1.165, 1.54) is 13.8 Å². The van der Waals surface area contributed by atoms with Gasteiger partial charge in [0.2, 0.25) is 0 Å². The van der Waals surface area contributed by atoms with Gasteiger partial charge in [-0.15, -0.1) is 0 Å². The Labute approximate surface area is 112 Å². The number of aromatic nitrogens is 2. The van der Waals surface area contributed by atoms with E-state index in [0.717, 1.165) is 11.0 Å². The molecule has 0 fully saturated rings. The maximum absolute atomic E-state index is 11.3. The first-order chi connectivity index (χ1) is 7.59. The summed E-state index contributed by atoms with van der Waals surface area (Å²) in [6, 6.07) is 7.40. The number of para-hydroxylation sites is 2. The number of fused-ring (bicyclic) bond motifs is 1. The molecule has 91 valence electrons. The minimum absolute atomic E-state index is 0. The number of Topliss-reactive ketones (excluding diaryl/α,β-unsaturated/α-hetero) is 2. The number of carbonyl (C=O) groups excluding carboxylic acids is 2. The number of benzene rings is 1. The van der Waals surface area contributed by atoms with Crippen LogP contribution in [0.25, 0.3) is 11.0 Å². The number of hydrogen-bond donors (Lipinski definition) is 1. The molecule has 0 saturated carbocycles. The molecule has 0 aliphatic carbocycles. The molecule has 0 aliphatic rings. The van der Waals surface area contributed by atoms with E-state index < -0.39 is 0 Å². The molecule has 0 atom stereocenters. The van der Waals surface area contributed by atoms with E-state index >= 15 is 0 Å². The molecule has 1 aromatic carbocycles. The molecule has 0 aliphatic heterocycles. The summed E-state index contributed by atoms with van der Waals surface area (Å²) in [5.74, 6) is -0.0736. The quantitative estimate of drug-likeness (QED) is 0.622. The maximum Gasteiger partial charge on any atom is 0.0854 e. The van der Waals surface area contributed by atoms with Gasteiger partial charge < -0.3 is 14.6 Å². The SMILES string of the molecule is CC(=O)[C-](C(C)=O)c1nc2ccccc2[nH]1.[Ir]. The zero-order valence-electron chi connectivity index (χ0n) is 9.41. The Balaban J connectivity index is 0.00000144. The third-order valence-electron chi connectivity index (χ3n) is 2.33. The zero-order chi connectivity index (χ0) is 11.7. The minimum Gasteiger partial charge on any atom is -0.367 e. The van der Waals surface area contributed by atoms with Crippen molar-refractivity contribution < 1.29 is 29.7 Å². The van der Waals surface area contributed by atoms with Crippen LogP contribution in [0.2, 0.25) is 0 Å². The smallest absolute Gasteiger partial charge is 0.0854 e. The maximum atomic E-state index is 11.3. The van der Waals surface area contributed by atoms with Gasteiger partial charge >= 0.3 is 0 Å². The van der Waals surface area contributed by atoms with E-state index in [-0.39, 0.29) is 37.6 Å². The van der Waals surface area contributed by atoms with Crippen molar-refractivity contribution in [3.8, 4) is 0 Å². The molecule has 0 amide bonds. The van der Waals surface area contributed by atoms with Gasteiger partial charge in [0.25, 0.3) is 0 Å². The molecule has 1 aromatic heterocycles. The van der Waals surface area contributed by atoms with E-state index in [4.69, 9.17) is 0 Å². The standard InChI is InChI=1S/C12H11N2O2.Ir/c1-7(15)11(8(2)16)12-13-9-5-3-4-6-10(9)14-12;/h3-6H,1-2H3,(H,13,14);/q-1;. The van der Waals surface area contributed by atoms with Crippen molar-refractivity contribution in [2.24, 2.45) is 0 Å². The van der Waals surface area contributed by atoms with Gasteiger partial charge in [-0.2, -0.15) is 5.92 Å². The van der Waals surface area contributed by atoms with Gasteiger partial charge in [0.15, 0.2) is 0 Å². The predicted octanol–water partition coefficient (Wildman–Crippen LogP) is 1.66. The number of nitrogens with zero attached hydrogens (tertiary/aromatic N) is 1. The first-order valence-electron chi connectivity index (χ1n) is 4.93. The molecule has 1 radical (unpaired) electrons. The Morgan fingerprint density at radius 2 is 1.76 bits per heavy atom. The van der Waals surface area contributed by atoms with Crippen molar-refractivity contribution in [2.75, 3.05) is 0 Å². The summed E-state index contributed by atoms with van der Waals surface area (Å²) in [7, 11) is 0. The summed E-state index contributed by atoms with van der Waals surface area (Å²) in [4.78, 5) is 29.9. The minimum atomic E-state index is -0.272. The van der Waals surface area contributed by atoms with Crippen molar-refractivity contribution in [1.29, 1.82) is 0 Å². The Kier molecular flexibility index (Phi) is 4.21. The fourth-order valence-corrected chi connectivity index (χ4v) is 1.65. The van der Waals surface area contributed by atoms with E-state index in [1.54, 1.807) is 0 Å². The predicted molar refractivity (Wildman–Crippen MR) is 59.8 cm³/mol. The van der Waals surface area contributed by atoms with Crippen molar-refractivity contribution in [1.82, 2.24) is 9.97 Å². The molecular formula is C12H11IrN2O2-. The largest absolute Gasteiger partial charge is 0.367 e. The Morgan fingerprint density at radius 1 is 1.18 bits per heavy atom. The van der Waals surface area contributed by atoms with E-state index in [9.17, 15) is 9.59 Å². The third-order valence-corrected chi connectivity index (χ3v) is 2.33. The van der Waals surface area contributed by atoms with Crippen molar-refractivity contribution in [3.05, 3.63) is 36.0 Å². The van der Waals surface area contributed by atoms with Crippen LogP contribution in [0.1, 0.15) is 19.7 Å². The molecular weight excluding hydrogens is 396 g/mol. The third kappa shape index (κ3) is 2.62. The number of H-pyrrole nitrogens is 1. The van der Waals surface area contributed by atoms with Gasteiger partial charge in [0.1, 0.15) is 0 Å². The van der Waals surface area contributed by atoms with Gasteiger partial charge in [-0.3, -0.25) is 4.98 Å². The first-order valence-corrected chi connectivity index (χ1v) is 4.93. The van der Waals surface area contributed by atoms with Gasteiger partial charge in [-0.25, -0.2) is 0 Å². The van der Waals surface area contributed by atoms with Crippen LogP contribution in [0.3, 0.4) is 0 Å². The number of carbonyl (C=O) groups is 2. The molecule has 2 aromatic rings. The molecule has 0 unspecified atom stereocenters. The molecule has 17 heavy (non-hydrogen) atoms. The average molecular weight is 407 g/mol.